The van der Waals surface area contributed by atoms with Gasteiger partial charge in [-0.25, -0.2) is 23.2 Å². The predicted molar refractivity (Wildman–Crippen MR) is 101 cm³/mol. The topological polar surface area (TPSA) is 85.7 Å². The number of aryl methyl sites for hydroxylation is 1. The van der Waals surface area contributed by atoms with Crippen molar-refractivity contribution in [2.45, 2.75) is 43.9 Å². The average Bonchev–Trinajstić information content (AvgIpc) is 3.24. The largest absolute Gasteiger partial charge is 0.474 e. The number of aromatic nitrogens is 4. The number of hydrogen-bond acceptors (Lipinski definition) is 5. The zero-order chi connectivity index (χ0) is 20.8. The summed E-state index contributed by atoms with van der Waals surface area (Å²) in [7, 11) is 0. The van der Waals surface area contributed by atoms with Crippen molar-refractivity contribution in [1.29, 1.82) is 5.26 Å². The first-order chi connectivity index (χ1) is 14.5. The molecule has 1 aliphatic carbocycles. The maximum Gasteiger partial charge on any atom is 0.346 e. The molecule has 7 nitrogen and oxygen atoms in total. The molecule has 1 aliphatic heterocycles. The second-order valence-corrected chi connectivity index (χ2v) is 7.61. The van der Waals surface area contributed by atoms with Gasteiger partial charge in [0.2, 0.25) is 5.88 Å². The molecule has 1 fully saturated rings. The molecule has 3 aromatic rings. The van der Waals surface area contributed by atoms with E-state index in [9.17, 15) is 13.6 Å². The van der Waals surface area contributed by atoms with Gasteiger partial charge in [0, 0.05) is 31.4 Å². The van der Waals surface area contributed by atoms with Crippen molar-refractivity contribution in [2.75, 3.05) is 0 Å². The van der Waals surface area contributed by atoms with Gasteiger partial charge in [-0.1, -0.05) is 6.07 Å². The molecule has 0 radical (unpaired) electrons. The van der Waals surface area contributed by atoms with Crippen molar-refractivity contribution in [2.24, 2.45) is 0 Å². The lowest BCUT2D eigenvalue weighted by atomic mass is 9.89. The number of ether oxygens (including phenoxy) is 1. The van der Waals surface area contributed by atoms with Crippen LogP contribution in [0.2, 0.25) is 0 Å². The number of pyridine rings is 1. The first-order valence-corrected chi connectivity index (χ1v) is 9.71. The highest BCUT2D eigenvalue weighted by atomic mass is 19.1. The normalized spacial score (nSPS) is 22.2. The predicted octanol–water partition coefficient (Wildman–Crippen LogP) is 2.91. The van der Waals surface area contributed by atoms with Crippen LogP contribution in [0.5, 0.6) is 5.88 Å². The zero-order valence-corrected chi connectivity index (χ0v) is 15.8. The molecule has 0 amide bonds. The van der Waals surface area contributed by atoms with Crippen LogP contribution in [0.25, 0.3) is 0 Å². The first kappa shape index (κ1) is 18.5. The van der Waals surface area contributed by atoms with E-state index >= 15 is 0 Å². The number of halogens is 2. The molecule has 3 heterocycles. The molecular formula is C21H17F2N5O2. The van der Waals surface area contributed by atoms with Crippen molar-refractivity contribution >= 4 is 0 Å². The Morgan fingerprint density at radius 3 is 2.67 bits per heavy atom. The van der Waals surface area contributed by atoms with Crippen LogP contribution in [0.3, 0.4) is 0 Å². The van der Waals surface area contributed by atoms with Crippen molar-refractivity contribution in [3.8, 4) is 11.9 Å². The molecule has 152 valence electrons. The Morgan fingerprint density at radius 2 is 1.93 bits per heavy atom. The summed E-state index contributed by atoms with van der Waals surface area (Å²) < 4.78 is 36.1. The fraction of sp³-hybridized carbons (Fsp3) is 0.333. The second kappa shape index (κ2) is 7.06. The molecule has 2 aliphatic rings. The van der Waals surface area contributed by atoms with Crippen LogP contribution < -0.4 is 10.4 Å². The van der Waals surface area contributed by atoms with Crippen LogP contribution in [0.15, 0.2) is 41.2 Å². The molecule has 1 atom stereocenters. The van der Waals surface area contributed by atoms with Crippen molar-refractivity contribution in [3.05, 3.63) is 75.6 Å². The van der Waals surface area contributed by atoms with Gasteiger partial charge in [-0.15, -0.1) is 0 Å². The Bertz CT molecular complexity index is 1200. The molecular weight excluding hydrogens is 392 g/mol. The van der Waals surface area contributed by atoms with Gasteiger partial charge in [-0.3, -0.25) is 4.57 Å². The SMILES string of the molecule is N#Cc1cccc(O[C@H]2C[C@H](n3nc4n(c3=O)[C@H](c3cc(F)cc(F)c3)CC4)C2)n1. The summed E-state index contributed by atoms with van der Waals surface area (Å²) in [6.07, 6.45) is 2.22. The van der Waals surface area contributed by atoms with Gasteiger partial charge in [-0.05, 0) is 30.2 Å². The third kappa shape index (κ3) is 3.14. The molecule has 2 aromatic heterocycles. The Morgan fingerprint density at radius 1 is 1.17 bits per heavy atom. The second-order valence-electron chi connectivity index (χ2n) is 7.61. The van der Waals surface area contributed by atoms with Gasteiger partial charge in [0.1, 0.15) is 35.3 Å². The van der Waals surface area contributed by atoms with E-state index in [1.54, 1.807) is 22.8 Å². The molecule has 0 bridgehead atoms. The number of rotatable bonds is 4. The summed E-state index contributed by atoms with van der Waals surface area (Å²) in [5, 5.41) is 13.4. The lowest BCUT2D eigenvalue weighted by Crippen LogP contribution is -2.41. The van der Waals surface area contributed by atoms with Crippen LogP contribution >= 0.6 is 0 Å². The summed E-state index contributed by atoms with van der Waals surface area (Å²) in [6.45, 7) is 0. The molecule has 0 spiro atoms. The minimum atomic E-state index is -0.660. The van der Waals surface area contributed by atoms with E-state index < -0.39 is 17.7 Å². The van der Waals surface area contributed by atoms with Gasteiger partial charge in [0.15, 0.2) is 0 Å². The smallest absolute Gasteiger partial charge is 0.346 e. The van der Waals surface area contributed by atoms with Crippen LogP contribution in [-0.4, -0.2) is 25.4 Å². The Labute approximate surface area is 170 Å². The van der Waals surface area contributed by atoms with Gasteiger partial charge < -0.3 is 4.74 Å². The third-order valence-electron chi connectivity index (χ3n) is 5.67. The Hall–Kier alpha value is -3.54. The minimum absolute atomic E-state index is 0.107. The summed E-state index contributed by atoms with van der Waals surface area (Å²) in [5.41, 5.74) is 0.446. The van der Waals surface area contributed by atoms with Crippen molar-refractivity contribution in [3.63, 3.8) is 0 Å². The van der Waals surface area contributed by atoms with Crippen LogP contribution in [0, 0.1) is 23.0 Å². The molecule has 9 heteroatoms. The standard InChI is InChI=1S/C21H17F2N5O2/c22-13-6-12(7-14(23)8-13)18-4-5-19-26-28(21(29)27(18)19)16-9-17(10-16)30-20-3-1-2-15(11-24)25-20/h1-3,6-8,16-18H,4-5,9-10H2/t16-,17-,18-/m0/s1. The summed E-state index contributed by atoms with van der Waals surface area (Å²) >= 11 is 0. The van der Waals surface area contributed by atoms with E-state index in [-0.39, 0.29) is 23.5 Å². The van der Waals surface area contributed by atoms with Crippen LogP contribution in [-0.2, 0) is 6.42 Å². The van der Waals surface area contributed by atoms with Gasteiger partial charge in [0.25, 0.3) is 0 Å². The molecule has 5 rings (SSSR count). The number of fused-ring (bicyclic) bond motifs is 1. The van der Waals surface area contributed by atoms with E-state index in [0.717, 1.165) is 6.07 Å². The molecule has 1 saturated carbocycles. The minimum Gasteiger partial charge on any atom is -0.474 e. The summed E-state index contributed by atoms with van der Waals surface area (Å²) in [5.74, 6) is -0.313. The molecule has 0 saturated heterocycles. The Balaban J connectivity index is 1.32. The first-order valence-electron chi connectivity index (χ1n) is 9.71. The van der Waals surface area contributed by atoms with E-state index in [4.69, 9.17) is 10.00 Å². The third-order valence-corrected chi connectivity index (χ3v) is 5.67. The lowest BCUT2D eigenvalue weighted by Gasteiger charge is -2.34. The maximum atomic E-state index is 13.6. The number of benzene rings is 1. The van der Waals surface area contributed by atoms with E-state index in [2.05, 4.69) is 10.1 Å². The molecule has 30 heavy (non-hydrogen) atoms. The van der Waals surface area contributed by atoms with E-state index in [1.807, 2.05) is 6.07 Å². The highest BCUT2D eigenvalue weighted by molar-refractivity contribution is 5.26. The van der Waals surface area contributed by atoms with Crippen LogP contribution in [0.1, 0.15) is 48.4 Å². The number of hydrogen-bond donors (Lipinski definition) is 0. The maximum absolute atomic E-state index is 13.6. The highest BCUT2D eigenvalue weighted by Gasteiger charge is 2.38. The fourth-order valence-electron chi connectivity index (χ4n) is 4.18. The summed E-state index contributed by atoms with van der Waals surface area (Å²) in [6, 6.07) is 9.79. The van der Waals surface area contributed by atoms with Crippen LogP contribution in [0.4, 0.5) is 8.78 Å². The molecule has 1 aromatic carbocycles. The van der Waals surface area contributed by atoms with E-state index in [0.29, 0.717) is 43.0 Å². The zero-order valence-electron chi connectivity index (χ0n) is 15.8. The quantitative estimate of drug-likeness (QED) is 0.661. The lowest BCUT2D eigenvalue weighted by molar-refractivity contribution is 0.0584. The average molecular weight is 409 g/mol. The number of nitriles is 1. The van der Waals surface area contributed by atoms with Gasteiger partial charge >= 0.3 is 5.69 Å². The van der Waals surface area contributed by atoms with Crippen molar-refractivity contribution in [1.82, 2.24) is 19.3 Å². The van der Waals surface area contributed by atoms with Gasteiger partial charge in [-0.2, -0.15) is 10.4 Å². The van der Waals surface area contributed by atoms with E-state index in [1.165, 1.54) is 16.8 Å². The highest BCUT2D eigenvalue weighted by Crippen LogP contribution is 2.36. The molecule has 0 N–H and O–H groups in total. The summed E-state index contributed by atoms with van der Waals surface area (Å²) in [4.78, 5) is 17.1. The van der Waals surface area contributed by atoms with Crippen molar-refractivity contribution < 1.29 is 13.5 Å². The monoisotopic (exact) mass is 409 g/mol. The van der Waals surface area contributed by atoms with Gasteiger partial charge in [0.05, 0.1) is 12.1 Å². The fourth-order valence-corrected chi connectivity index (χ4v) is 4.18. The Kier molecular flexibility index (Phi) is 4.35. The molecule has 0 unspecified atom stereocenters. The number of nitrogens with zero attached hydrogens (tertiary/aromatic N) is 5.